The van der Waals surface area contributed by atoms with Crippen LogP contribution in [0.4, 0.5) is 5.95 Å². The van der Waals surface area contributed by atoms with Gasteiger partial charge in [-0.15, -0.1) is 0 Å². The highest BCUT2D eigenvalue weighted by Gasteiger charge is 2.15. The van der Waals surface area contributed by atoms with Gasteiger partial charge in [0.15, 0.2) is 11.2 Å². The lowest BCUT2D eigenvalue weighted by Gasteiger charge is -2.02. The van der Waals surface area contributed by atoms with Gasteiger partial charge >= 0.3 is 5.69 Å². The number of nitrogens with zero attached hydrogens (tertiary/aromatic N) is 5. The van der Waals surface area contributed by atoms with Gasteiger partial charge in [0, 0.05) is 27.4 Å². The summed E-state index contributed by atoms with van der Waals surface area (Å²) in [7, 11) is 4.68. The average molecular weight is 247 g/mol. The SMILES string of the molecule is C=CC=Nc1nc2c(c(=O)n(C)c(=O)n2C)n1C. The molecule has 0 saturated heterocycles. The molecule has 0 radical (unpaired) electrons. The number of rotatable bonds is 2. The molecule has 0 aliphatic heterocycles. The van der Waals surface area contributed by atoms with E-state index in [-0.39, 0.29) is 5.56 Å². The maximum atomic E-state index is 12.0. The number of aliphatic imine (C=N–C) groups is 1. The van der Waals surface area contributed by atoms with Crippen LogP contribution in [0, 0.1) is 0 Å². The van der Waals surface area contributed by atoms with E-state index in [9.17, 15) is 9.59 Å². The van der Waals surface area contributed by atoms with Crippen molar-refractivity contribution >= 4 is 23.3 Å². The molecule has 2 aromatic rings. The van der Waals surface area contributed by atoms with E-state index < -0.39 is 5.69 Å². The number of allylic oxidation sites excluding steroid dienone is 1. The van der Waals surface area contributed by atoms with E-state index in [2.05, 4.69) is 16.6 Å². The van der Waals surface area contributed by atoms with Gasteiger partial charge in [0.2, 0.25) is 5.95 Å². The summed E-state index contributed by atoms with van der Waals surface area (Å²) < 4.78 is 3.92. The van der Waals surface area contributed by atoms with Gasteiger partial charge in [-0.2, -0.15) is 4.98 Å². The standard InChI is InChI=1S/C11H13N5O2/c1-5-6-12-10-13-8-7(14(10)2)9(17)16(4)11(18)15(8)3/h5-6H,1H2,2-4H3. The van der Waals surface area contributed by atoms with Crippen molar-refractivity contribution in [1.82, 2.24) is 18.7 Å². The fourth-order valence-corrected chi connectivity index (χ4v) is 1.74. The molecule has 2 rings (SSSR count). The van der Waals surface area contributed by atoms with Crippen LogP contribution in [0.1, 0.15) is 0 Å². The van der Waals surface area contributed by atoms with Gasteiger partial charge in [0.25, 0.3) is 5.56 Å². The lowest BCUT2D eigenvalue weighted by Crippen LogP contribution is -2.37. The molecule has 0 fully saturated rings. The molecule has 0 amide bonds. The van der Waals surface area contributed by atoms with Crippen molar-refractivity contribution in [3.05, 3.63) is 33.5 Å². The summed E-state index contributed by atoms with van der Waals surface area (Å²) in [6.45, 7) is 3.52. The number of hydrogen-bond donors (Lipinski definition) is 0. The zero-order chi connectivity index (χ0) is 13.4. The lowest BCUT2D eigenvalue weighted by molar-refractivity contribution is 0.705. The van der Waals surface area contributed by atoms with Crippen LogP contribution in [0.15, 0.2) is 27.2 Å². The molecule has 0 aromatic carbocycles. The Bertz CT molecular complexity index is 775. The Balaban J connectivity index is 2.98. The summed E-state index contributed by atoms with van der Waals surface area (Å²) in [5, 5.41) is 0. The van der Waals surface area contributed by atoms with E-state index in [0.717, 1.165) is 4.57 Å². The predicted octanol–water partition coefficient (Wildman–Crippen LogP) is -0.141. The summed E-state index contributed by atoms with van der Waals surface area (Å²) in [5.74, 6) is 0.350. The molecule has 2 aromatic heterocycles. The summed E-state index contributed by atoms with van der Waals surface area (Å²) in [4.78, 5) is 32.0. The van der Waals surface area contributed by atoms with Gasteiger partial charge in [0.1, 0.15) is 0 Å². The van der Waals surface area contributed by atoms with Crippen molar-refractivity contribution in [1.29, 1.82) is 0 Å². The quantitative estimate of drug-likeness (QED) is 0.693. The Kier molecular flexibility index (Phi) is 2.74. The first-order valence-electron chi connectivity index (χ1n) is 5.26. The van der Waals surface area contributed by atoms with Crippen LogP contribution in [0.2, 0.25) is 0 Å². The first-order valence-corrected chi connectivity index (χ1v) is 5.26. The van der Waals surface area contributed by atoms with Gasteiger partial charge < -0.3 is 4.57 Å². The largest absolute Gasteiger partial charge is 0.332 e. The molecule has 0 N–H and O–H groups in total. The molecule has 7 heteroatoms. The van der Waals surface area contributed by atoms with Crippen LogP contribution in [0.3, 0.4) is 0 Å². The Hall–Kier alpha value is -2.44. The Morgan fingerprint density at radius 1 is 1.17 bits per heavy atom. The molecule has 18 heavy (non-hydrogen) atoms. The van der Waals surface area contributed by atoms with Gasteiger partial charge in [-0.25, -0.2) is 9.79 Å². The highest BCUT2D eigenvalue weighted by Crippen LogP contribution is 2.15. The van der Waals surface area contributed by atoms with Crippen molar-refractivity contribution in [2.45, 2.75) is 0 Å². The third-order valence-electron chi connectivity index (χ3n) is 2.75. The zero-order valence-corrected chi connectivity index (χ0v) is 10.4. The highest BCUT2D eigenvalue weighted by molar-refractivity contribution is 5.77. The molecule has 0 atom stereocenters. The number of aromatic nitrogens is 4. The van der Waals surface area contributed by atoms with Crippen LogP contribution in [-0.4, -0.2) is 24.9 Å². The molecule has 0 aliphatic rings. The van der Waals surface area contributed by atoms with Crippen LogP contribution in [0.5, 0.6) is 0 Å². The van der Waals surface area contributed by atoms with E-state index in [0.29, 0.717) is 17.1 Å². The summed E-state index contributed by atoms with van der Waals surface area (Å²) in [6.07, 6.45) is 2.99. The number of fused-ring (bicyclic) bond motifs is 1. The maximum absolute atomic E-state index is 12.0. The van der Waals surface area contributed by atoms with E-state index in [1.807, 2.05) is 0 Å². The highest BCUT2D eigenvalue weighted by atomic mass is 16.2. The lowest BCUT2D eigenvalue weighted by atomic mass is 10.5. The Morgan fingerprint density at radius 3 is 2.44 bits per heavy atom. The molecular weight excluding hydrogens is 234 g/mol. The van der Waals surface area contributed by atoms with Crippen LogP contribution < -0.4 is 11.2 Å². The van der Waals surface area contributed by atoms with Gasteiger partial charge in [0.05, 0.1) is 0 Å². The molecule has 94 valence electrons. The molecule has 2 heterocycles. The molecule has 0 unspecified atom stereocenters. The third kappa shape index (κ3) is 1.52. The smallest absolute Gasteiger partial charge is 0.306 e. The normalized spacial score (nSPS) is 11.5. The summed E-state index contributed by atoms with van der Waals surface area (Å²) in [5.41, 5.74) is -0.134. The fraction of sp³-hybridized carbons (Fsp3) is 0.273. The minimum absolute atomic E-state index is 0.321. The number of hydrogen-bond acceptors (Lipinski definition) is 4. The maximum Gasteiger partial charge on any atom is 0.332 e. The molecule has 0 spiro atoms. The van der Waals surface area contributed by atoms with Gasteiger partial charge in [-0.3, -0.25) is 13.9 Å². The zero-order valence-electron chi connectivity index (χ0n) is 10.4. The predicted molar refractivity (Wildman–Crippen MR) is 69.5 cm³/mol. The minimum Gasteiger partial charge on any atom is -0.306 e. The Labute approximate surface area is 102 Å². The first-order chi connectivity index (χ1) is 8.49. The second-order valence-electron chi connectivity index (χ2n) is 3.86. The third-order valence-corrected chi connectivity index (χ3v) is 2.75. The second-order valence-corrected chi connectivity index (χ2v) is 3.86. The summed E-state index contributed by atoms with van der Waals surface area (Å²) >= 11 is 0. The first kappa shape index (κ1) is 12.0. The molecule has 0 aliphatic carbocycles. The van der Waals surface area contributed by atoms with Crippen molar-refractivity contribution in [2.24, 2.45) is 26.1 Å². The fourth-order valence-electron chi connectivity index (χ4n) is 1.74. The van der Waals surface area contributed by atoms with E-state index >= 15 is 0 Å². The molecule has 7 nitrogen and oxygen atoms in total. The second kappa shape index (κ2) is 4.10. The minimum atomic E-state index is -0.412. The van der Waals surface area contributed by atoms with Crippen molar-refractivity contribution in [3.63, 3.8) is 0 Å². The van der Waals surface area contributed by atoms with Crippen LogP contribution in [0.25, 0.3) is 11.2 Å². The number of aryl methyl sites for hydroxylation is 2. The summed E-state index contributed by atoms with van der Waals surface area (Å²) in [6, 6.07) is 0. The molecule has 0 bridgehead atoms. The topological polar surface area (TPSA) is 74.2 Å². The van der Waals surface area contributed by atoms with Crippen molar-refractivity contribution in [2.75, 3.05) is 0 Å². The monoisotopic (exact) mass is 247 g/mol. The van der Waals surface area contributed by atoms with Gasteiger partial charge in [-0.05, 0) is 0 Å². The average Bonchev–Trinajstić information content (AvgIpc) is 2.69. The molecular formula is C11H13N5O2. The molecule has 0 saturated carbocycles. The number of imidazole rings is 1. The van der Waals surface area contributed by atoms with E-state index in [1.165, 1.54) is 23.9 Å². The van der Waals surface area contributed by atoms with E-state index in [4.69, 9.17) is 0 Å². The van der Waals surface area contributed by atoms with Crippen LogP contribution >= 0.6 is 0 Å². The van der Waals surface area contributed by atoms with Crippen molar-refractivity contribution in [3.8, 4) is 0 Å². The van der Waals surface area contributed by atoms with Gasteiger partial charge in [-0.1, -0.05) is 12.7 Å². The Morgan fingerprint density at radius 2 is 1.83 bits per heavy atom. The van der Waals surface area contributed by atoms with E-state index in [1.54, 1.807) is 18.7 Å². The van der Waals surface area contributed by atoms with Crippen molar-refractivity contribution < 1.29 is 0 Å². The van der Waals surface area contributed by atoms with Crippen LogP contribution in [-0.2, 0) is 21.1 Å².